The van der Waals surface area contributed by atoms with E-state index >= 15 is 8.78 Å². The van der Waals surface area contributed by atoms with Gasteiger partial charge in [-0.05, 0) is 110 Å². The number of carbonyl (C=O) groups is 4. The number of carbonyl (C=O) groups excluding carboxylic acids is 4. The Hall–Kier alpha value is -7.67. The Morgan fingerprint density at radius 2 is 1.67 bits per heavy atom. The summed E-state index contributed by atoms with van der Waals surface area (Å²) in [6.07, 6.45) is -4.78. The van der Waals surface area contributed by atoms with Gasteiger partial charge in [-0.25, -0.2) is 13.8 Å². The third kappa shape index (κ3) is 10.9. The van der Waals surface area contributed by atoms with Crippen LogP contribution < -0.4 is 25.2 Å². The molecule has 0 spiro atoms. The number of aryl methyl sites for hydroxylation is 1. The molecule has 6 aromatic rings. The van der Waals surface area contributed by atoms with Crippen molar-refractivity contribution >= 4 is 63.7 Å². The van der Waals surface area contributed by atoms with E-state index in [2.05, 4.69) is 20.6 Å². The summed E-state index contributed by atoms with van der Waals surface area (Å²) in [5.74, 6) is -4.74. The van der Waals surface area contributed by atoms with Gasteiger partial charge < -0.3 is 30.3 Å². The van der Waals surface area contributed by atoms with Crippen LogP contribution in [0.25, 0.3) is 21.7 Å². The summed E-state index contributed by atoms with van der Waals surface area (Å²) < 4.78 is 78.3. The molecule has 4 aromatic carbocycles. The van der Waals surface area contributed by atoms with Crippen molar-refractivity contribution in [1.82, 2.24) is 25.5 Å². The lowest BCUT2D eigenvalue weighted by Gasteiger charge is -2.35. The summed E-state index contributed by atoms with van der Waals surface area (Å²) in [4.78, 5) is 68.2. The van der Waals surface area contributed by atoms with Crippen LogP contribution in [0, 0.1) is 35.3 Å². The topological polar surface area (TPSA) is 181 Å². The van der Waals surface area contributed by atoms with Crippen molar-refractivity contribution in [2.24, 2.45) is 5.41 Å². The van der Waals surface area contributed by atoms with Crippen molar-refractivity contribution in [2.75, 3.05) is 16.3 Å². The average Bonchev–Trinajstić information content (AvgIpc) is 4.03. The standard InChI is InChI=1S/C54H49F5N8O6S2/c1-29-45(75-28-63-29)32-9-7-30(8-10-32)24-62-48(70)42-22-37(68)26-65(42)49(71)46(52(2,3)4)64-47(69)33-11-12-35(39(55)21-33)27-73-38-17-13-31(14-18-38)40-19-16-36(25-61-40)67-51(74)66(50(72)53(67,5)6)41-20-15-34(23-60)43(44(41)56)54(57,58)59/h7-21,25,28,37,42,46,68H,22,24,26-27H2,1-6H3,(H,62,70)(H,64,69)/t37-,42+,46-/m1/s1. The Morgan fingerprint density at radius 1 is 0.973 bits per heavy atom. The fraction of sp³-hybridized carbons (Fsp3) is 0.296. The summed E-state index contributed by atoms with van der Waals surface area (Å²) in [7, 11) is 0. The van der Waals surface area contributed by atoms with Crippen molar-refractivity contribution in [3.8, 4) is 33.5 Å². The fourth-order valence-corrected chi connectivity index (χ4v) is 10.2. The summed E-state index contributed by atoms with van der Waals surface area (Å²) in [6, 6.07) is 22.2. The van der Waals surface area contributed by atoms with E-state index in [1.165, 1.54) is 59.4 Å². The summed E-state index contributed by atoms with van der Waals surface area (Å²) >= 11 is 7.07. The number of nitrogens with one attached hydrogen (secondary N) is 2. The van der Waals surface area contributed by atoms with Crippen LogP contribution in [0.2, 0.25) is 0 Å². The van der Waals surface area contributed by atoms with Crippen LogP contribution in [-0.2, 0) is 33.7 Å². The van der Waals surface area contributed by atoms with E-state index in [-0.39, 0.29) is 48.0 Å². The van der Waals surface area contributed by atoms with Crippen LogP contribution in [0.1, 0.15) is 79.3 Å². The van der Waals surface area contributed by atoms with E-state index in [0.717, 1.165) is 39.9 Å². The molecule has 0 saturated carbocycles. The molecule has 4 heterocycles. The number of aromatic nitrogens is 2. The van der Waals surface area contributed by atoms with Gasteiger partial charge >= 0.3 is 6.18 Å². The molecule has 75 heavy (non-hydrogen) atoms. The number of β-amino-alcohol motifs (C(OH)–C–C–N with tert-alkyl or cyclic N) is 1. The number of ether oxygens (including phenoxy) is 1. The number of pyridine rings is 1. The second kappa shape index (κ2) is 20.9. The molecule has 2 fully saturated rings. The van der Waals surface area contributed by atoms with Gasteiger partial charge in [-0.15, -0.1) is 11.3 Å². The molecule has 0 bridgehead atoms. The second-order valence-electron chi connectivity index (χ2n) is 19.6. The monoisotopic (exact) mass is 1060 g/mol. The molecule has 0 unspecified atom stereocenters. The molecule has 2 saturated heterocycles. The number of hydrogen-bond donors (Lipinski definition) is 3. The summed E-state index contributed by atoms with van der Waals surface area (Å²) in [5.41, 5.74) is 0.158. The Morgan fingerprint density at radius 3 is 2.27 bits per heavy atom. The maximum atomic E-state index is 15.6. The molecule has 388 valence electrons. The molecule has 3 atom stereocenters. The first-order valence-electron chi connectivity index (χ1n) is 23.4. The van der Waals surface area contributed by atoms with Gasteiger partial charge in [0.2, 0.25) is 11.8 Å². The largest absolute Gasteiger partial charge is 0.489 e. The van der Waals surface area contributed by atoms with Gasteiger partial charge in [-0.1, -0.05) is 51.1 Å². The summed E-state index contributed by atoms with van der Waals surface area (Å²) in [5, 5.41) is 25.2. The van der Waals surface area contributed by atoms with Crippen molar-refractivity contribution in [3.63, 3.8) is 0 Å². The number of amides is 4. The van der Waals surface area contributed by atoms with Crippen LogP contribution in [0.3, 0.4) is 0 Å². The predicted molar refractivity (Wildman–Crippen MR) is 274 cm³/mol. The van der Waals surface area contributed by atoms with Gasteiger partial charge in [0, 0.05) is 36.2 Å². The van der Waals surface area contributed by atoms with E-state index in [4.69, 9.17) is 17.0 Å². The van der Waals surface area contributed by atoms with Crippen molar-refractivity contribution in [1.29, 1.82) is 5.26 Å². The number of alkyl halides is 3. The Bertz CT molecular complexity index is 3250. The molecule has 2 aliphatic rings. The number of rotatable bonds is 13. The van der Waals surface area contributed by atoms with E-state index < -0.39 is 87.4 Å². The number of anilines is 2. The lowest BCUT2D eigenvalue weighted by molar-refractivity contribution is -0.142. The van der Waals surface area contributed by atoms with Crippen LogP contribution in [0.15, 0.2) is 103 Å². The Kier molecular flexibility index (Phi) is 15.0. The van der Waals surface area contributed by atoms with E-state index in [0.29, 0.717) is 21.9 Å². The highest BCUT2D eigenvalue weighted by Gasteiger charge is 2.52. The molecule has 0 radical (unpaired) electrons. The SMILES string of the molecule is Cc1ncsc1-c1ccc(CNC(=O)[C@@H]2C[C@@H](O)CN2C(=O)[C@@H](NC(=O)c2ccc(COc3ccc(-c4ccc(N5C(=S)N(c6ccc(C#N)c(C(F)(F)F)c6F)C(=O)C5(C)C)cn4)cc3)c(F)c2)C(C)(C)C)cc1. The number of nitrogens with zero attached hydrogens (tertiary/aromatic N) is 6. The third-order valence-corrected chi connectivity index (χ3v) is 14.3. The first-order valence-corrected chi connectivity index (χ1v) is 24.7. The minimum absolute atomic E-state index is 0.00865. The summed E-state index contributed by atoms with van der Waals surface area (Å²) in [6.45, 7) is 9.97. The quantitative estimate of drug-likeness (QED) is 0.0741. The zero-order valence-corrected chi connectivity index (χ0v) is 42.9. The van der Waals surface area contributed by atoms with Gasteiger partial charge in [-0.2, -0.15) is 18.4 Å². The van der Waals surface area contributed by atoms with Crippen molar-refractivity contribution in [2.45, 2.75) is 91.0 Å². The van der Waals surface area contributed by atoms with Gasteiger partial charge in [0.05, 0.1) is 57.1 Å². The predicted octanol–water partition coefficient (Wildman–Crippen LogP) is 9.27. The maximum absolute atomic E-state index is 15.6. The highest BCUT2D eigenvalue weighted by Crippen LogP contribution is 2.42. The van der Waals surface area contributed by atoms with Crippen LogP contribution in [0.5, 0.6) is 5.75 Å². The normalized spacial score (nSPS) is 17.0. The number of thiocarbonyl (C=S) groups is 1. The Balaban J connectivity index is 0.874. The maximum Gasteiger partial charge on any atom is 0.420 e. The van der Waals surface area contributed by atoms with Crippen molar-refractivity contribution in [3.05, 3.63) is 148 Å². The number of hydrogen-bond acceptors (Lipinski definition) is 11. The molecular weight excluding hydrogens is 1020 g/mol. The zero-order chi connectivity index (χ0) is 54.3. The molecule has 2 aromatic heterocycles. The second-order valence-corrected chi connectivity index (χ2v) is 20.8. The molecule has 21 heteroatoms. The van der Waals surface area contributed by atoms with Crippen LogP contribution >= 0.6 is 23.6 Å². The van der Waals surface area contributed by atoms with Gasteiger partial charge in [0.15, 0.2) is 10.9 Å². The highest BCUT2D eigenvalue weighted by molar-refractivity contribution is 7.81. The van der Waals surface area contributed by atoms with Gasteiger partial charge in [0.1, 0.15) is 41.4 Å². The minimum Gasteiger partial charge on any atom is -0.489 e. The molecule has 4 amide bonds. The first-order chi connectivity index (χ1) is 35.4. The number of halogens is 5. The van der Waals surface area contributed by atoms with Gasteiger partial charge in [0.25, 0.3) is 11.8 Å². The lowest BCUT2D eigenvalue weighted by Crippen LogP contribution is -2.57. The molecule has 3 N–H and O–H groups in total. The first kappa shape index (κ1) is 53.6. The van der Waals surface area contributed by atoms with E-state index in [1.54, 1.807) is 62.7 Å². The van der Waals surface area contributed by atoms with Gasteiger partial charge in [-0.3, -0.25) is 29.1 Å². The number of aliphatic hydroxyl groups excluding tert-OH is 1. The van der Waals surface area contributed by atoms with Crippen LogP contribution in [-0.4, -0.2) is 79.0 Å². The van der Waals surface area contributed by atoms with E-state index in [1.807, 2.05) is 31.2 Å². The molecule has 14 nitrogen and oxygen atoms in total. The smallest absolute Gasteiger partial charge is 0.420 e. The number of likely N-dealkylation sites (tertiary alicyclic amines) is 1. The molecule has 0 aliphatic carbocycles. The number of thiazole rings is 1. The number of aliphatic hydroxyl groups is 1. The Labute approximate surface area is 437 Å². The van der Waals surface area contributed by atoms with Crippen LogP contribution in [0.4, 0.5) is 33.3 Å². The van der Waals surface area contributed by atoms with E-state index in [9.17, 15) is 42.7 Å². The number of nitriles is 1. The fourth-order valence-electron chi connectivity index (χ4n) is 8.92. The minimum atomic E-state index is -5.22. The molecule has 2 aliphatic heterocycles. The molecular formula is C54H49F5N8O6S2. The average molecular weight is 1070 g/mol. The third-order valence-electron chi connectivity index (χ3n) is 13.0. The van der Waals surface area contributed by atoms with Crippen molar-refractivity contribution < 1.29 is 51.0 Å². The highest BCUT2D eigenvalue weighted by atomic mass is 32.1. The lowest BCUT2D eigenvalue weighted by atomic mass is 9.85. The zero-order valence-electron chi connectivity index (χ0n) is 41.3. The number of benzene rings is 4. The molecule has 8 rings (SSSR count).